The maximum absolute atomic E-state index is 13.9. The van der Waals surface area contributed by atoms with E-state index in [2.05, 4.69) is 10.6 Å². The van der Waals surface area contributed by atoms with Crippen LogP contribution in [-0.4, -0.2) is 43.7 Å². The van der Waals surface area contributed by atoms with E-state index in [1.54, 1.807) is 26.0 Å². The lowest BCUT2D eigenvalue weighted by molar-refractivity contribution is -0.123. The fourth-order valence-corrected chi connectivity index (χ4v) is 5.68. The minimum Gasteiger partial charge on any atom is -0.479 e. The number of para-hydroxylation sites is 1. The maximum atomic E-state index is 13.9. The van der Waals surface area contributed by atoms with Gasteiger partial charge >= 0.3 is 0 Å². The highest BCUT2D eigenvalue weighted by molar-refractivity contribution is 7.89. The van der Waals surface area contributed by atoms with Crippen LogP contribution in [0, 0.1) is 18.7 Å². The van der Waals surface area contributed by atoms with E-state index >= 15 is 0 Å². The van der Waals surface area contributed by atoms with Gasteiger partial charge in [0.25, 0.3) is 5.91 Å². The molecule has 0 aromatic heterocycles. The Bertz CT molecular complexity index is 1180. The Morgan fingerprint density at radius 3 is 2.78 bits per heavy atom. The summed E-state index contributed by atoms with van der Waals surface area (Å²) in [7, 11) is -3.92. The number of fused-ring (bicyclic) bond motifs is 1. The number of rotatable bonds is 4. The largest absolute Gasteiger partial charge is 0.479 e. The minimum absolute atomic E-state index is 0.00681. The van der Waals surface area contributed by atoms with Crippen molar-refractivity contribution < 1.29 is 27.1 Å². The van der Waals surface area contributed by atoms with Gasteiger partial charge in [0.15, 0.2) is 6.10 Å². The van der Waals surface area contributed by atoms with Crippen molar-refractivity contribution >= 4 is 33.2 Å². The van der Waals surface area contributed by atoms with Gasteiger partial charge in [-0.05, 0) is 50.5 Å². The van der Waals surface area contributed by atoms with E-state index in [4.69, 9.17) is 4.74 Å². The SMILES string of the molecule is Cc1cc2c(cc1S(=O)(=O)N1CCC[C@H](C(=O)Nc3ccccc3F)C1)O[C@@H](C)C(=O)N2. The summed E-state index contributed by atoms with van der Waals surface area (Å²) in [5.41, 5.74) is 0.946. The monoisotopic (exact) mass is 461 g/mol. The van der Waals surface area contributed by atoms with Gasteiger partial charge in [-0.2, -0.15) is 4.31 Å². The Balaban J connectivity index is 1.55. The van der Waals surface area contributed by atoms with Gasteiger partial charge in [-0.3, -0.25) is 9.59 Å². The van der Waals surface area contributed by atoms with Crippen molar-refractivity contribution in [2.45, 2.75) is 37.7 Å². The van der Waals surface area contributed by atoms with Crippen molar-refractivity contribution in [3.8, 4) is 5.75 Å². The number of nitrogens with one attached hydrogen (secondary N) is 2. The molecule has 0 unspecified atom stereocenters. The second-order valence-electron chi connectivity index (χ2n) is 8.03. The topological polar surface area (TPSA) is 105 Å². The molecule has 2 heterocycles. The zero-order chi connectivity index (χ0) is 23.0. The number of halogens is 1. The normalized spacial score (nSPS) is 21.3. The average molecular weight is 462 g/mol. The molecule has 0 spiro atoms. The number of sulfonamides is 1. The van der Waals surface area contributed by atoms with Crippen molar-refractivity contribution in [1.82, 2.24) is 4.31 Å². The molecule has 32 heavy (non-hydrogen) atoms. The summed E-state index contributed by atoms with van der Waals surface area (Å²) in [5.74, 6) is -1.59. The van der Waals surface area contributed by atoms with Crippen LogP contribution >= 0.6 is 0 Å². The molecule has 2 aromatic carbocycles. The van der Waals surface area contributed by atoms with Crippen molar-refractivity contribution in [3.63, 3.8) is 0 Å². The summed E-state index contributed by atoms with van der Waals surface area (Å²) >= 11 is 0. The molecular formula is C22H24FN3O5S. The van der Waals surface area contributed by atoms with Crippen LogP contribution in [0.3, 0.4) is 0 Å². The van der Waals surface area contributed by atoms with Crippen LogP contribution < -0.4 is 15.4 Å². The van der Waals surface area contributed by atoms with Gasteiger partial charge in [-0.25, -0.2) is 12.8 Å². The molecule has 170 valence electrons. The predicted octanol–water partition coefficient (Wildman–Crippen LogP) is 2.89. The standard InChI is InChI=1S/C22H24FN3O5S/c1-13-10-18-19(31-14(2)21(27)25-18)11-20(13)32(29,30)26-9-5-6-15(12-26)22(28)24-17-8-4-3-7-16(17)23/h3-4,7-8,10-11,14-15H,5-6,9,12H2,1-2H3,(H,24,28)(H,25,27)/t14-,15-/m0/s1. The number of amides is 2. The van der Waals surface area contributed by atoms with Gasteiger partial charge in [0.2, 0.25) is 15.9 Å². The van der Waals surface area contributed by atoms with Crippen LogP contribution in [-0.2, 0) is 19.6 Å². The highest BCUT2D eigenvalue weighted by Crippen LogP contribution is 2.36. The molecule has 2 amide bonds. The summed E-state index contributed by atoms with van der Waals surface area (Å²) in [4.78, 5) is 24.6. The van der Waals surface area contributed by atoms with Crippen molar-refractivity contribution in [2.75, 3.05) is 23.7 Å². The molecule has 4 rings (SSSR count). The highest BCUT2D eigenvalue weighted by atomic mass is 32.2. The second kappa shape index (κ2) is 8.51. The molecule has 0 aliphatic carbocycles. The third kappa shape index (κ3) is 4.20. The molecule has 0 bridgehead atoms. The summed E-state index contributed by atoms with van der Waals surface area (Å²) < 4.78 is 47.5. The maximum Gasteiger partial charge on any atom is 0.265 e. The number of benzene rings is 2. The Kier molecular flexibility index (Phi) is 5.91. The fourth-order valence-electron chi connectivity index (χ4n) is 3.93. The van der Waals surface area contributed by atoms with Crippen LogP contribution in [0.2, 0.25) is 0 Å². The lowest BCUT2D eigenvalue weighted by Gasteiger charge is -2.32. The van der Waals surface area contributed by atoms with Gasteiger partial charge in [-0.1, -0.05) is 12.1 Å². The molecule has 0 saturated carbocycles. The van der Waals surface area contributed by atoms with E-state index < -0.39 is 33.8 Å². The molecule has 2 aromatic rings. The first-order chi connectivity index (χ1) is 15.2. The minimum atomic E-state index is -3.92. The van der Waals surface area contributed by atoms with Gasteiger partial charge < -0.3 is 15.4 Å². The van der Waals surface area contributed by atoms with Crippen molar-refractivity contribution in [1.29, 1.82) is 0 Å². The summed E-state index contributed by atoms with van der Waals surface area (Å²) in [5, 5.41) is 5.26. The Morgan fingerprint density at radius 1 is 1.28 bits per heavy atom. The Labute approximate surface area is 185 Å². The Hall–Kier alpha value is -2.98. The molecule has 1 saturated heterocycles. The highest BCUT2D eigenvalue weighted by Gasteiger charge is 2.35. The molecule has 2 N–H and O–H groups in total. The van der Waals surface area contributed by atoms with Crippen molar-refractivity contribution in [3.05, 3.63) is 47.8 Å². The van der Waals surface area contributed by atoms with Crippen LogP contribution in [0.1, 0.15) is 25.3 Å². The summed E-state index contributed by atoms with van der Waals surface area (Å²) in [6.07, 6.45) is 0.270. The Morgan fingerprint density at radius 2 is 2.03 bits per heavy atom. The molecule has 2 atom stereocenters. The summed E-state index contributed by atoms with van der Waals surface area (Å²) in [6.45, 7) is 3.49. The van der Waals surface area contributed by atoms with Crippen molar-refractivity contribution in [2.24, 2.45) is 5.92 Å². The van der Waals surface area contributed by atoms with E-state index in [9.17, 15) is 22.4 Å². The molecule has 0 radical (unpaired) electrons. The van der Waals surface area contributed by atoms with E-state index in [-0.39, 0.29) is 35.3 Å². The van der Waals surface area contributed by atoms with Gasteiger partial charge in [0.1, 0.15) is 11.6 Å². The molecule has 2 aliphatic rings. The smallest absolute Gasteiger partial charge is 0.265 e. The number of aryl methyl sites for hydroxylation is 1. The second-order valence-corrected chi connectivity index (χ2v) is 9.94. The first-order valence-electron chi connectivity index (χ1n) is 10.3. The molecule has 10 heteroatoms. The van der Waals surface area contributed by atoms with E-state index in [0.717, 1.165) is 0 Å². The van der Waals surface area contributed by atoms with E-state index in [1.807, 2.05) is 0 Å². The van der Waals surface area contributed by atoms with Crippen LogP contribution in [0.5, 0.6) is 5.75 Å². The number of carbonyl (C=O) groups excluding carboxylic acids is 2. The zero-order valence-corrected chi connectivity index (χ0v) is 18.5. The van der Waals surface area contributed by atoms with Gasteiger partial charge in [-0.15, -0.1) is 0 Å². The van der Waals surface area contributed by atoms with Gasteiger partial charge in [0, 0.05) is 19.2 Å². The molecular weight excluding hydrogens is 437 g/mol. The first-order valence-corrected chi connectivity index (χ1v) is 11.8. The third-order valence-corrected chi connectivity index (χ3v) is 7.72. The number of ether oxygens (including phenoxy) is 1. The molecule has 8 nitrogen and oxygen atoms in total. The third-order valence-electron chi connectivity index (χ3n) is 5.71. The number of hydrogen-bond acceptors (Lipinski definition) is 5. The number of carbonyl (C=O) groups is 2. The lowest BCUT2D eigenvalue weighted by Crippen LogP contribution is -2.44. The average Bonchev–Trinajstić information content (AvgIpc) is 2.76. The zero-order valence-electron chi connectivity index (χ0n) is 17.7. The predicted molar refractivity (Wildman–Crippen MR) is 116 cm³/mol. The molecule has 1 fully saturated rings. The fraction of sp³-hybridized carbons (Fsp3) is 0.364. The van der Waals surface area contributed by atoms with Crippen LogP contribution in [0.4, 0.5) is 15.8 Å². The van der Waals surface area contributed by atoms with Crippen LogP contribution in [0.15, 0.2) is 41.3 Å². The van der Waals surface area contributed by atoms with E-state index in [0.29, 0.717) is 24.1 Å². The number of piperidine rings is 1. The molecule has 2 aliphatic heterocycles. The van der Waals surface area contributed by atoms with Gasteiger partial charge in [0.05, 0.1) is 22.2 Å². The first kappa shape index (κ1) is 22.2. The lowest BCUT2D eigenvalue weighted by atomic mass is 9.98. The van der Waals surface area contributed by atoms with E-state index in [1.165, 1.54) is 28.6 Å². The number of nitrogens with zero attached hydrogens (tertiary/aromatic N) is 1. The van der Waals surface area contributed by atoms with Crippen LogP contribution in [0.25, 0.3) is 0 Å². The summed E-state index contributed by atoms with van der Waals surface area (Å²) in [6, 6.07) is 8.83. The number of anilines is 2. The quantitative estimate of drug-likeness (QED) is 0.729. The number of hydrogen-bond donors (Lipinski definition) is 2.